The Kier molecular flexibility index (Phi) is 72.3. The predicted molar refractivity (Wildman–Crippen MR) is 366 cm³/mol. The molecule has 0 rings (SSSR count). The van der Waals surface area contributed by atoms with Crippen molar-refractivity contribution >= 4 is 11.9 Å². The SMILES string of the molecule is CCCCCCCCCCCCCCCCCCCCCCCCCCC(O)C(CO)NC(=O)CCCCCCCCCCCCCCCCCCCCCCCCCCCOC(=O)CCCCCCCCCCCCCCCCCCC. The summed E-state index contributed by atoms with van der Waals surface area (Å²) in [5.74, 6) is -0.00453. The van der Waals surface area contributed by atoms with Crippen LogP contribution in [0.2, 0.25) is 0 Å². The number of amides is 1. The van der Waals surface area contributed by atoms with Crippen molar-refractivity contribution in [2.75, 3.05) is 13.2 Å². The number of carbonyl (C=O) groups is 2. The summed E-state index contributed by atoms with van der Waals surface area (Å²) in [6, 6.07) is -0.541. The van der Waals surface area contributed by atoms with Crippen LogP contribution < -0.4 is 5.32 Å². The first-order chi connectivity index (χ1) is 41.0. The average Bonchev–Trinajstić information content (AvgIpc) is 3.49. The molecule has 0 aromatic rings. The molecule has 83 heavy (non-hydrogen) atoms. The Morgan fingerprint density at radius 1 is 0.289 bits per heavy atom. The monoisotopic (exact) mass is 1170 g/mol. The number of aliphatic hydroxyl groups is 2. The van der Waals surface area contributed by atoms with Gasteiger partial charge in [0.25, 0.3) is 0 Å². The molecule has 0 aromatic carbocycles. The van der Waals surface area contributed by atoms with E-state index in [1.807, 2.05) is 0 Å². The first-order valence-electron chi connectivity index (χ1n) is 38.8. The summed E-state index contributed by atoms with van der Waals surface area (Å²) in [4.78, 5) is 24.7. The van der Waals surface area contributed by atoms with Crippen molar-refractivity contribution in [3.8, 4) is 0 Å². The van der Waals surface area contributed by atoms with Gasteiger partial charge in [0.05, 0.1) is 25.4 Å². The van der Waals surface area contributed by atoms with Gasteiger partial charge in [-0.2, -0.15) is 0 Å². The number of hydrogen-bond acceptors (Lipinski definition) is 5. The maximum absolute atomic E-state index is 12.6. The largest absolute Gasteiger partial charge is 0.466 e. The van der Waals surface area contributed by atoms with Crippen molar-refractivity contribution in [1.82, 2.24) is 5.32 Å². The van der Waals surface area contributed by atoms with Crippen LogP contribution in [-0.2, 0) is 14.3 Å². The summed E-state index contributed by atoms with van der Waals surface area (Å²) in [7, 11) is 0. The Balaban J connectivity index is 3.34. The summed E-state index contributed by atoms with van der Waals surface area (Å²) >= 11 is 0. The molecule has 0 spiro atoms. The fourth-order valence-corrected chi connectivity index (χ4v) is 12.8. The lowest BCUT2D eigenvalue weighted by Crippen LogP contribution is -2.45. The Labute approximate surface area is 521 Å². The van der Waals surface area contributed by atoms with E-state index in [1.54, 1.807) is 0 Å². The summed E-state index contributed by atoms with van der Waals surface area (Å²) in [6.07, 6.45) is 90.4. The van der Waals surface area contributed by atoms with Crippen molar-refractivity contribution in [2.45, 2.75) is 469 Å². The number of rotatable bonds is 74. The van der Waals surface area contributed by atoms with Crippen molar-refractivity contribution < 1.29 is 24.5 Å². The highest BCUT2D eigenvalue weighted by Crippen LogP contribution is 2.20. The van der Waals surface area contributed by atoms with Gasteiger partial charge in [0, 0.05) is 12.8 Å². The van der Waals surface area contributed by atoms with E-state index in [4.69, 9.17) is 4.74 Å². The Hall–Kier alpha value is -1.14. The molecule has 496 valence electrons. The molecular formula is C77H153NO5. The second kappa shape index (κ2) is 73.3. The summed E-state index contributed by atoms with van der Waals surface area (Å²) in [5.41, 5.74) is 0. The van der Waals surface area contributed by atoms with Gasteiger partial charge in [-0.15, -0.1) is 0 Å². The molecular weight excluding hydrogens is 1020 g/mol. The molecule has 0 saturated heterocycles. The predicted octanol–water partition coefficient (Wildman–Crippen LogP) is 25.3. The van der Waals surface area contributed by atoms with Crippen LogP contribution in [0.4, 0.5) is 0 Å². The van der Waals surface area contributed by atoms with Gasteiger partial charge in [-0.25, -0.2) is 0 Å². The minimum atomic E-state index is -0.664. The molecule has 2 atom stereocenters. The van der Waals surface area contributed by atoms with E-state index in [0.717, 1.165) is 38.5 Å². The quantitative estimate of drug-likeness (QED) is 0.0417. The first kappa shape index (κ1) is 81.9. The maximum Gasteiger partial charge on any atom is 0.305 e. The lowest BCUT2D eigenvalue weighted by Gasteiger charge is -2.22. The van der Waals surface area contributed by atoms with Crippen LogP contribution in [0.5, 0.6) is 0 Å². The van der Waals surface area contributed by atoms with Crippen molar-refractivity contribution in [1.29, 1.82) is 0 Å². The molecule has 3 N–H and O–H groups in total. The minimum Gasteiger partial charge on any atom is -0.466 e. The molecule has 6 heteroatoms. The van der Waals surface area contributed by atoms with Gasteiger partial charge in [0.15, 0.2) is 0 Å². The molecule has 1 amide bonds. The van der Waals surface area contributed by atoms with Gasteiger partial charge >= 0.3 is 5.97 Å². The van der Waals surface area contributed by atoms with Crippen molar-refractivity contribution in [2.24, 2.45) is 0 Å². The molecule has 0 saturated carbocycles. The van der Waals surface area contributed by atoms with E-state index in [9.17, 15) is 19.8 Å². The molecule has 0 bridgehead atoms. The number of hydrogen-bond donors (Lipinski definition) is 3. The van der Waals surface area contributed by atoms with Gasteiger partial charge in [0.2, 0.25) is 5.91 Å². The van der Waals surface area contributed by atoms with Gasteiger partial charge in [0.1, 0.15) is 0 Å². The van der Waals surface area contributed by atoms with Crippen LogP contribution in [0.3, 0.4) is 0 Å². The van der Waals surface area contributed by atoms with E-state index < -0.39 is 12.1 Å². The third-order valence-electron chi connectivity index (χ3n) is 18.7. The lowest BCUT2D eigenvalue weighted by molar-refractivity contribution is -0.143. The van der Waals surface area contributed by atoms with E-state index >= 15 is 0 Å². The van der Waals surface area contributed by atoms with Crippen LogP contribution >= 0.6 is 0 Å². The number of ether oxygens (including phenoxy) is 1. The Bertz CT molecular complexity index is 1210. The minimum absolute atomic E-state index is 0.0222. The maximum atomic E-state index is 12.6. The fourth-order valence-electron chi connectivity index (χ4n) is 12.8. The first-order valence-corrected chi connectivity index (χ1v) is 38.8. The second-order valence-corrected chi connectivity index (χ2v) is 27.1. The number of unbranched alkanes of at least 4 members (excludes halogenated alkanes) is 63. The van der Waals surface area contributed by atoms with E-state index in [2.05, 4.69) is 19.2 Å². The molecule has 0 heterocycles. The standard InChI is InChI=1S/C77H153NO5/c1-3-5-7-9-11-13-15-17-19-21-22-23-24-28-31-34-38-41-45-49-53-57-61-65-69-75(80)74(73-79)78-76(81)70-66-62-58-54-50-46-42-39-35-32-29-26-25-27-30-33-36-40-44-48-52-56-60-64-68-72-83-77(82)71-67-63-59-55-51-47-43-37-20-18-16-14-12-10-8-6-4-2/h74-75,79-80H,3-73H2,1-2H3,(H,78,81). The Morgan fingerprint density at radius 3 is 0.735 bits per heavy atom. The second-order valence-electron chi connectivity index (χ2n) is 27.1. The fraction of sp³-hybridized carbons (Fsp3) is 0.974. The van der Waals surface area contributed by atoms with Crippen LogP contribution in [0.1, 0.15) is 457 Å². The van der Waals surface area contributed by atoms with Crippen LogP contribution in [0, 0.1) is 0 Å². The van der Waals surface area contributed by atoms with Crippen LogP contribution in [0.15, 0.2) is 0 Å². The van der Waals surface area contributed by atoms with Crippen LogP contribution in [-0.4, -0.2) is 47.4 Å². The molecule has 0 aliphatic heterocycles. The molecule has 0 radical (unpaired) electrons. The smallest absolute Gasteiger partial charge is 0.305 e. The third kappa shape index (κ3) is 69.8. The lowest BCUT2D eigenvalue weighted by atomic mass is 10.0. The van der Waals surface area contributed by atoms with E-state index in [0.29, 0.717) is 25.9 Å². The molecule has 0 aromatic heterocycles. The van der Waals surface area contributed by atoms with Gasteiger partial charge < -0.3 is 20.3 Å². The average molecular weight is 1170 g/mol. The zero-order chi connectivity index (χ0) is 59.9. The number of aliphatic hydroxyl groups excluding tert-OH is 2. The highest BCUT2D eigenvalue weighted by Gasteiger charge is 2.20. The zero-order valence-electron chi connectivity index (χ0n) is 57.0. The van der Waals surface area contributed by atoms with Gasteiger partial charge in [-0.1, -0.05) is 418 Å². The number of nitrogens with one attached hydrogen (secondary N) is 1. The molecule has 2 unspecified atom stereocenters. The van der Waals surface area contributed by atoms with Crippen molar-refractivity contribution in [3.05, 3.63) is 0 Å². The van der Waals surface area contributed by atoms with Crippen LogP contribution in [0.25, 0.3) is 0 Å². The number of carbonyl (C=O) groups excluding carboxylic acids is 2. The van der Waals surface area contributed by atoms with E-state index in [-0.39, 0.29) is 18.5 Å². The normalized spacial score (nSPS) is 12.4. The topological polar surface area (TPSA) is 95.9 Å². The summed E-state index contributed by atoms with van der Waals surface area (Å²) < 4.78 is 5.51. The van der Waals surface area contributed by atoms with Crippen molar-refractivity contribution in [3.63, 3.8) is 0 Å². The van der Waals surface area contributed by atoms with E-state index in [1.165, 1.54) is 385 Å². The molecule has 0 aliphatic rings. The zero-order valence-corrected chi connectivity index (χ0v) is 57.0. The Morgan fingerprint density at radius 2 is 0.494 bits per heavy atom. The summed E-state index contributed by atoms with van der Waals surface area (Å²) in [6.45, 7) is 5.02. The van der Waals surface area contributed by atoms with Gasteiger partial charge in [-0.05, 0) is 25.7 Å². The molecule has 0 fully saturated rings. The molecule has 0 aliphatic carbocycles. The third-order valence-corrected chi connectivity index (χ3v) is 18.7. The highest BCUT2D eigenvalue weighted by atomic mass is 16.5. The van der Waals surface area contributed by atoms with Gasteiger partial charge in [-0.3, -0.25) is 9.59 Å². The number of esters is 1. The highest BCUT2D eigenvalue weighted by molar-refractivity contribution is 5.76. The molecule has 6 nitrogen and oxygen atoms in total. The summed E-state index contributed by atoms with van der Waals surface area (Å²) in [5, 5.41) is 23.5.